The summed E-state index contributed by atoms with van der Waals surface area (Å²) in [6, 6.07) is 6.74. The molecule has 0 saturated carbocycles. The number of carbonyl (C=O) groups excluding carboxylic acids is 2. The fourth-order valence-corrected chi connectivity index (χ4v) is 1.83. The third-order valence-electron chi connectivity index (χ3n) is 2.78. The Kier molecular flexibility index (Phi) is 3.89. The molecule has 18 heavy (non-hydrogen) atoms. The zero-order chi connectivity index (χ0) is 13.0. The zero-order valence-corrected chi connectivity index (χ0v) is 10.1. The smallest absolute Gasteiger partial charge is 0.266 e. The van der Waals surface area contributed by atoms with E-state index in [1.54, 1.807) is 24.3 Å². The number of rotatable bonds is 6. The average Bonchev–Trinajstić information content (AvgIpc) is 2.64. The summed E-state index contributed by atoms with van der Waals surface area (Å²) < 4.78 is 0. The van der Waals surface area contributed by atoms with Crippen molar-refractivity contribution in [1.29, 1.82) is 0 Å². The number of allylic oxidation sites excluding steroid dienone is 1. The van der Waals surface area contributed by atoms with Crippen molar-refractivity contribution in [2.45, 2.75) is 19.3 Å². The first kappa shape index (κ1) is 12.5. The van der Waals surface area contributed by atoms with Crippen molar-refractivity contribution >= 4 is 11.8 Å². The maximum Gasteiger partial charge on any atom is 0.285 e. The number of amides is 2. The Morgan fingerprint density at radius 2 is 1.72 bits per heavy atom. The summed E-state index contributed by atoms with van der Waals surface area (Å²) in [4.78, 5) is 29.0. The Morgan fingerprint density at radius 1 is 1.11 bits per heavy atom. The molecule has 1 aromatic rings. The van der Waals surface area contributed by atoms with Gasteiger partial charge in [0.25, 0.3) is 11.8 Å². The SMILES string of the molecule is C=CCCCCON1C(=O)c2ccccc2C1=O. The number of nitrogens with zero attached hydrogens (tertiary/aromatic N) is 1. The minimum Gasteiger partial charge on any atom is -0.266 e. The summed E-state index contributed by atoms with van der Waals surface area (Å²) in [6.45, 7) is 3.99. The number of imide groups is 1. The number of hydroxylamine groups is 2. The van der Waals surface area contributed by atoms with Gasteiger partial charge in [-0.15, -0.1) is 11.6 Å². The van der Waals surface area contributed by atoms with Crippen LogP contribution in [0.1, 0.15) is 40.0 Å². The van der Waals surface area contributed by atoms with Crippen molar-refractivity contribution in [2.24, 2.45) is 0 Å². The van der Waals surface area contributed by atoms with Crippen LogP contribution < -0.4 is 0 Å². The molecule has 94 valence electrons. The standard InChI is InChI=1S/C14H15NO3/c1-2-3-4-7-10-18-15-13(16)11-8-5-6-9-12(11)14(15)17/h2,5-6,8-9H,1,3-4,7,10H2. The van der Waals surface area contributed by atoms with Gasteiger partial charge in [-0.3, -0.25) is 14.4 Å². The normalized spacial score (nSPS) is 13.9. The van der Waals surface area contributed by atoms with Crippen LogP contribution in [0, 0.1) is 0 Å². The molecule has 0 aromatic heterocycles. The molecule has 0 atom stereocenters. The maximum absolute atomic E-state index is 11.9. The third kappa shape index (κ3) is 2.33. The highest BCUT2D eigenvalue weighted by Crippen LogP contribution is 2.22. The molecule has 2 amide bonds. The van der Waals surface area contributed by atoms with Crippen LogP contribution in [0.15, 0.2) is 36.9 Å². The lowest BCUT2D eigenvalue weighted by Crippen LogP contribution is -2.30. The summed E-state index contributed by atoms with van der Waals surface area (Å²) in [6.07, 6.45) is 4.47. The van der Waals surface area contributed by atoms with Crippen molar-refractivity contribution in [3.63, 3.8) is 0 Å². The molecule has 2 rings (SSSR count). The predicted octanol–water partition coefficient (Wildman–Crippen LogP) is 2.57. The second-order valence-corrected chi connectivity index (χ2v) is 4.07. The van der Waals surface area contributed by atoms with E-state index in [1.165, 1.54) is 0 Å². The molecule has 4 heteroatoms. The first-order valence-corrected chi connectivity index (χ1v) is 5.97. The minimum atomic E-state index is -0.376. The van der Waals surface area contributed by atoms with Gasteiger partial charge < -0.3 is 0 Å². The number of hydrogen-bond acceptors (Lipinski definition) is 3. The molecule has 1 aliphatic rings. The number of hydrogen-bond donors (Lipinski definition) is 0. The molecule has 0 aliphatic carbocycles. The summed E-state index contributed by atoms with van der Waals surface area (Å²) in [5.41, 5.74) is 0.821. The topological polar surface area (TPSA) is 46.6 Å². The van der Waals surface area contributed by atoms with Gasteiger partial charge in [0.1, 0.15) is 0 Å². The molecule has 4 nitrogen and oxygen atoms in total. The zero-order valence-electron chi connectivity index (χ0n) is 10.1. The Labute approximate surface area is 106 Å². The van der Waals surface area contributed by atoms with E-state index >= 15 is 0 Å². The lowest BCUT2D eigenvalue weighted by molar-refractivity contribution is -0.0921. The predicted molar refractivity (Wildman–Crippen MR) is 66.9 cm³/mol. The van der Waals surface area contributed by atoms with Crippen LogP contribution in [0.2, 0.25) is 0 Å². The third-order valence-corrected chi connectivity index (χ3v) is 2.78. The molecule has 0 N–H and O–H groups in total. The summed E-state index contributed by atoms with van der Waals surface area (Å²) in [7, 11) is 0. The van der Waals surface area contributed by atoms with E-state index in [9.17, 15) is 9.59 Å². The molecule has 1 aliphatic heterocycles. The second-order valence-electron chi connectivity index (χ2n) is 4.07. The maximum atomic E-state index is 11.9. The first-order valence-electron chi connectivity index (χ1n) is 5.97. The summed E-state index contributed by atoms with van der Waals surface area (Å²) in [5.74, 6) is -0.751. The molecule has 1 heterocycles. The fraction of sp³-hybridized carbons (Fsp3) is 0.286. The lowest BCUT2D eigenvalue weighted by atomic mass is 10.1. The van der Waals surface area contributed by atoms with Crippen molar-refractivity contribution in [3.8, 4) is 0 Å². The van der Waals surface area contributed by atoms with Crippen LogP contribution in [0.4, 0.5) is 0 Å². The second kappa shape index (κ2) is 5.60. The van der Waals surface area contributed by atoms with Gasteiger partial charge in [-0.1, -0.05) is 18.2 Å². The van der Waals surface area contributed by atoms with Gasteiger partial charge in [0.2, 0.25) is 0 Å². The van der Waals surface area contributed by atoms with Crippen LogP contribution in [0.3, 0.4) is 0 Å². The van der Waals surface area contributed by atoms with Gasteiger partial charge in [0.15, 0.2) is 0 Å². The van der Waals surface area contributed by atoms with E-state index in [-0.39, 0.29) is 11.8 Å². The molecule has 0 unspecified atom stereocenters. The summed E-state index contributed by atoms with van der Waals surface area (Å²) in [5, 5.41) is 0.860. The van der Waals surface area contributed by atoms with Crippen molar-refractivity contribution in [3.05, 3.63) is 48.0 Å². The highest BCUT2D eigenvalue weighted by Gasteiger charge is 2.36. The molecular weight excluding hydrogens is 230 g/mol. The van der Waals surface area contributed by atoms with E-state index in [2.05, 4.69) is 6.58 Å². The average molecular weight is 245 g/mol. The van der Waals surface area contributed by atoms with E-state index in [1.807, 2.05) is 6.08 Å². The Bertz CT molecular complexity index is 447. The molecular formula is C14H15NO3. The molecule has 0 spiro atoms. The monoisotopic (exact) mass is 245 g/mol. The van der Waals surface area contributed by atoms with Gasteiger partial charge in [0, 0.05) is 0 Å². The Balaban J connectivity index is 1.94. The van der Waals surface area contributed by atoms with E-state index in [0.717, 1.165) is 24.3 Å². The number of benzene rings is 1. The van der Waals surface area contributed by atoms with Crippen molar-refractivity contribution in [2.75, 3.05) is 6.61 Å². The first-order chi connectivity index (χ1) is 8.75. The van der Waals surface area contributed by atoms with Crippen LogP contribution in [-0.2, 0) is 4.84 Å². The molecule has 0 fully saturated rings. The lowest BCUT2D eigenvalue weighted by Gasteiger charge is -2.12. The van der Waals surface area contributed by atoms with Crippen molar-refractivity contribution < 1.29 is 14.4 Å². The van der Waals surface area contributed by atoms with Crippen LogP contribution in [0.25, 0.3) is 0 Å². The van der Waals surface area contributed by atoms with Gasteiger partial charge >= 0.3 is 0 Å². The Hall–Kier alpha value is -1.94. The van der Waals surface area contributed by atoms with Gasteiger partial charge in [-0.25, -0.2) is 0 Å². The molecule has 1 aromatic carbocycles. The number of carbonyl (C=O) groups is 2. The highest BCUT2D eigenvalue weighted by atomic mass is 16.7. The largest absolute Gasteiger partial charge is 0.285 e. The minimum absolute atomic E-state index is 0.360. The van der Waals surface area contributed by atoms with Gasteiger partial charge in [0.05, 0.1) is 17.7 Å². The van der Waals surface area contributed by atoms with Gasteiger partial charge in [-0.05, 0) is 31.4 Å². The van der Waals surface area contributed by atoms with Gasteiger partial charge in [-0.2, -0.15) is 0 Å². The van der Waals surface area contributed by atoms with E-state index < -0.39 is 0 Å². The molecule has 0 bridgehead atoms. The summed E-state index contributed by atoms with van der Waals surface area (Å²) >= 11 is 0. The van der Waals surface area contributed by atoms with E-state index in [4.69, 9.17) is 4.84 Å². The number of fused-ring (bicyclic) bond motifs is 1. The van der Waals surface area contributed by atoms with Crippen molar-refractivity contribution in [1.82, 2.24) is 5.06 Å². The molecule has 0 saturated heterocycles. The van der Waals surface area contributed by atoms with Crippen LogP contribution >= 0.6 is 0 Å². The van der Waals surface area contributed by atoms with Crippen LogP contribution in [0.5, 0.6) is 0 Å². The van der Waals surface area contributed by atoms with E-state index in [0.29, 0.717) is 17.7 Å². The Morgan fingerprint density at radius 3 is 2.28 bits per heavy atom. The van der Waals surface area contributed by atoms with Crippen LogP contribution in [-0.4, -0.2) is 23.5 Å². The fourth-order valence-electron chi connectivity index (χ4n) is 1.83. The number of unbranched alkanes of at least 4 members (excludes halogenated alkanes) is 2. The highest BCUT2D eigenvalue weighted by molar-refractivity contribution is 6.20. The quantitative estimate of drug-likeness (QED) is 0.439. The molecule has 0 radical (unpaired) electrons.